The Bertz CT molecular complexity index is 481. The number of carbonyl (C=O) groups excluding carboxylic acids is 2. The minimum atomic E-state index is -0.227. The Hall–Kier alpha value is -1.30. The summed E-state index contributed by atoms with van der Waals surface area (Å²) in [6.07, 6.45) is 6.25. The van der Waals surface area contributed by atoms with E-state index in [1.54, 1.807) is 13.8 Å². The third-order valence-corrected chi connectivity index (χ3v) is 4.68. The third kappa shape index (κ3) is 3.42. The molecule has 0 saturated heterocycles. The van der Waals surface area contributed by atoms with Crippen molar-refractivity contribution >= 4 is 23.3 Å². The van der Waals surface area contributed by atoms with Gasteiger partial charge in [0.1, 0.15) is 4.88 Å². The minimum absolute atomic E-state index is 0.103. The first-order valence-electron chi connectivity index (χ1n) is 7.27. The van der Waals surface area contributed by atoms with Gasteiger partial charge in [-0.05, 0) is 37.2 Å². The molecule has 6 heteroatoms. The fourth-order valence-electron chi connectivity index (χ4n) is 2.67. The highest BCUT2D eigenvalue weighted by Crippen LogP contribution is 2.25. The van der Waals surface area contributed by atoms with Crippen LogP contribution in [0.1, 0.15) is 60.8 Å². The monoisotopic (exact) mass is 295 g/mol. The molecule has 5 nitrogen and oxygen atoms in total. The number of amides is 2. The van der Waals surface area contributed by atoms with Crippen LogP contribution in [0.4, 0.5) is 0 Å². The lowest BCUT2D eigenvalue weighted by Gasteiger charge is -2.28. The van der Waals surface area contributed by atoms with Crippen LogP contribution in [0, 0.1) is 12.8 Å². The van der Waals surface area contributed by atoms with Crippen molar-refractivity contribution in [3.8, 4) is 0 Å². The van der Waals surface area contributed by atoms with E-state index >= 15 is 0 Å². The quantitative estimate of drug-likeness (QED) is 0.857. The summed E-state index contributed by atoms with van der Waals surface area (Å²) in [5.41, 5.74) is 0.609. The molecular formula is C14H21N3O2S. The number of hydrogen-bond donors (Lipinski definition) is 0. The van der Waals surface area contributed by atoms with Crippen LogP contribution in [0.25, 0.3) is 0 Å². The maximum Gasteiger partial charge on any atom is 0.274 e. The van der Waals surface area contributed by atoms with E-state index in [0.717, 1.165) is 24.4 Å². The van der Waals surface area contributed by atoms with Crippen LogP contribution in [-0.2, 0) is 4.79 Å². The van der Waals surface area contributed by atoms with Crippen LogP contribution < -0.4 is 0 Å². The molecule has 0 atom stereocenters. The smallest absolute Gasteiger partial charge is 0.274 e. The molecule has 0 N–H and O–H groups in total. The SMILES string of the molecule is CCC(=O)N(CC1CCCCC1)C(=O)c1snnc1C. The van der Waals surface area contributed by atoms with E-state index in [-0.39, 0.29) is 11.8 Å². The van der Waals surface area contributed by atoms with E-state index in [1.165, 1.54) is 24.2 Å². The number of imide groups is 1. The Morgan fingerprint density at radius 3 is 2.55 bits per heavy atom. The van der Waals surface area contributed by atoms with Crippen LogP contribution in [0.2, 0.25) is 0 Å². The van der Waals surface area contributed by atoms with E-state index in [4.69, 9.17) is 0 Å². The summed E-state index contributed by atoms with van der Waals surface area (Å²) in [7, 11) is 0. The van der Waals surface area contributed by atoms with Crippen molar-refractivity contribution in [2.24, 2.45) is 5.92 Å². The lowest BCUT2D eigenvalue weighted by Crippen LogP contribution is -2.40. The first-order chi connectivity index (χ1) is 9.63. The molecule has 0 aliphatic heterocycles. The fraction of sp³-hybridized carbons (Fsp3) is 0.714. The first-order valence-corrected chi connectivity index (χ1v) is 8.04. The van der Waals surface area contributed by atoms with Gasteiger partial charge >= 0.3 is 0 Å². The van der Waals surface area contributed by atoms with Crippen molar-refractivity contribution in [2.45, 2.75) is 52.4 Å². The molecule has 1 heterocycles. The minimum Gasteiger partial charge on any atom is -0.277 e. The number of hydrogen-bond acceptors (Lipinski definition) is 5. The van der Waals surface area contributed by atoms with E-state index < -0.39 is 0 Å². The maximum atomic E-state index is 12.5. The van der Waals surface area contributed by atoms with Gasteiger partial charge in [-0.1, -0.05) is 30.7 Å². The van der Waals surface area contributed by atoms with Crippen molar-refractivity contribution in [1.82, 2.24) is 14.5 Å². The number of aromatic nitrogens is 2. The first kappa shape index (κ1) is 15.1. The summed E-state index contributed by atoms with van der Waals surface area (Å²) in [6, 6.07) is 0. The van der Waals surface area contributed by atoms with Gasteiger partial charge in [0, 0.05) is 13.0 Å². The standard InChI is InChI=1S/C14H21N3O2S/c1-3-12(18)17(9-11-7-5-4-6-8-11)14(19)13-10(2)15-16-20-13/h11H,3-9H2,1-2H3. The Labute approximate surface area is 123 Å². The highest BCUT2D eigenvalue weighted by Gasteiger charge is 2.28. The predicted molar refractivity (Wildman–Crippen MR) is 77.6 cm³/mol. The molecular weight excluding hydrogens is 274 g/mol. The molecule has 1 fully saturated rings. The highest BCUT2D eigenvalue weighted by atomic mass is 32.1. The number of rotatable bonds is 4. The summed E-state index contributed by atoms with van der Waals surface area (Å²) in [5.74, 6) is 0.118. The maximum absolute atomic E-state index is 12.5. The molecule has 1 aliphatic carbocycles. The Balaban J connectivity index is 2.12. The summed E-state index contributed by atoms with van der Waals surface area (Å²) >= 11 is 1.07. The summed E-state index contributed by atoms with van der Waals surface area (Å²) in [4.78, 5) is 26.5. The molecule has 1 saturated carbocycles. The molecule has 2 rings (SSSR count). The van der Waals surface area contributed by atoms with Gasteiger partial charge in [0.25, 0.3) is 5.91 Å². The topological polar surface area (TPSA) is 63.2 Å². The molecule has 2 amide bonds. The van der Waals surface area contributed by atoms with Crippen molar-refractivity contribution in [2.75, 3.05) is 6.54 Å². The van der Waals surface area contributed by atoms with E-state index in [2.05, 4.69) is 9.59 Å². The van der Waals surface area contributed by atoms with Gasteiger partial charge in [-0.15, -0.1) is 5.10 Å². The predicted octanol–water partition coefficient (Wildman–Crippen LogP) is 2.81. The molecule has 1 aromatic heterocycles. The van der Waals surface area contributed by atoms with E-state index in [9.17, 15) is 9.59 Å². The second kappa shape index (κ2) is 6.92. The van der Waals surface area contributed by atoms with E-state index in [1.807, 2.05) is 0 Å². The Kier molecular flexibility index (Phi) is 5.23. The largest absolute Gasteiger partial charge is 0.277 e. The molecule has 1 aromatic rings. The zero-order chi connectivity index (χ0) is 14.5. The number of aryl methyl sites for hydroxylation is 1. The third-order valence-electron chi connectivity index (χ3n) is 3.86. The van der Waals surface area contributed by atoms with Crippen LogP contribution in [0.3, 0.4) is 0 Å². The zero-order valence-corrected chi connectivity index (χ0v) is 12.9. The summed E-state index contributed by atoms with van der Waals surface area (Å²) in [5, 5.41) is 3.86. The van der Waals surface area contributed by atoms with Gasteiger partial charge in [-0.25, -0.2) is 0 Å². The van der Waals surface area contributed by atoms with Gasteiger partial charge in [0.15, 0.2) is 0 Å². The molecule has 0 unspecified atom stereocenters. The summed E-state index contributed by atoms with van der Waals surface area (Å²) in [6.45, 7) is 4.09. The van der Waals surface area contributed by atoms with Crippen LogP contribution >= 0.6 is 11.5 Å². The van der Waals surface area contributed by atoms with E-state index in [0.29, 0.717) is 29.5 Å². The molecule has 0 spiro atoms. The normalized spacial score (nSPS) is 16.1. The number of carbonyl (C=O) groups is 2. The number of nitrogens with zero attached hydrogens (tertiary/aromatic N) is 3. The second-order valence-electron chi connectivity index (χ2n) is 5.35. The lowest BCUT2D eigenvalue weighted by atomic mass is 9.89. The lowest BCUT2D eigenvalue weighted by molar-refractivity contribution is -0.128. The van der Waals surface area contributed by atoms with Gasteiger partial charge in [0.2, 0.25) is 5.91 Å². The summed E-state index contributed by atoms with van der Waals surface area (Å²) < 4.78 is 3.79. The molecule has 0 radical (unpaired) electrons. The molecule has 1 aliphatic rings. The average molecular weight is 295 g/mol. The van der Waals surface area contributed by atoms with Gasteiger partial charge < -0.3 is 0 Å². The second-order valence-corrected chi connectivity index (χ2v) is 6.11. The van der Waals surface area contributed by atoms with Crippen molar-refractivity contribution in [1.29, 1.82) is 0 Å². The molecule has 0 aromatic carbocycles. The average Bonchev–Trinajstić information content (AvgIpc) is 2.90. The Morgan fingerprint density at radius 2 is 2.00 bits per heavy atom. The zero-order valence-electron chi connectivity index (χ0n) is 12.1. The fourth-order valence-corrected chi connectivity index (χ4v) is 3.27. The molecule has 20 heavy (non-hydrogen) atoms. The van der Waals surface area contributed by atoms with Crippen LogP contribution in [0.5, 0.6) is 0 Å². The highest BCUT2D eigenvalue weighted by molar-refractivity contribution is 7.08. The van der Waals surface area contributed by atoms with Crippen molar-refractivity contribution in [3.63, 3.8) is 0 Å². The van der Waals surface area contributed by atoms with Crippen molar-refractivity contribution < 1.29 is 9.59 Å². The van der Waals surface area contributed by atoms with Crippen LogP contribution in [0.15, 0.2) is 0 Å². The Morgan fingerprint density at radius 1 is 1.30 bits per heavy atom. The van der Waals surface area contributed by atoms with Crippen LogP contribution in [-0.4, -0.2) is 32.8 Å². The van der Waals surface area contributed by atoms with Gasteiger partial charge in [-0.3, -0.25) is 14.5 Å². The van der Waals surface area contributed by atoms with Gasteiger partial charge in [-0.2, -0.15) is 0 Å². The van der Waals surface area contributed by atoms with Crippen molar-refractivity contribution in [3.05, 3.63) is 10.6 Å². The van der Waals surface area contributed by atoms with Gasteiger partial charge in [0.05, 0.1) is 5.69 Å². The molecule has 0 bridgehead atoms. The molecule has 110 valence electrons.